The van der Waals surface area contributed by atoms with Gasteiger partial charge in [0.1, 0.15) is 22.8 Å². The van der Waals surface area contributed by atoms with Gasteiger partial charge in [-0.2, -0.15) is 0 Å². The van der Waals surface area contributed by atoms with Gasteiger partial charge in [0, 0.05) is 17.2 Å². The molecule has 0 fully saturated rings. The fourth-order valence-corrected chi connectivity index (χ4v) is 3.11. The normalized spacial score (nSPS) is 11.7. The monoisotopic (exact) mass is 542 g/mol. The van der Waals surface area contributed by atoms with Gasteiger partial charge in [0.05, 0.1) is 18.4 Å². The first-order chi connectivity index (χ1) is 18.1. The summed E-state index contributed by atoms with van der Waals surface area (Å²) < 4.78 is 21.0. The highest BCUT2D eigenvalue weighted by Crippen LogP contribution is 2.37. The molecule has 0 aliphatic rings. The fraction of sp³-hybridized carbons (Fsp3) is 0.379. The van der Waals surface area contributed by atoms with Crippen LogP contribution in [0.1, 0.15) is 76.2 Å². The molecule has 0 saturated heterocycles. The van der Waals surface area contributed by atoms with Crippen LogP contribution in [0.15, 0.2) is 42.5 Å². The molecule has 0 radical (unpaired) electrons. The smallest absolute Gasteiger partial charge is 0.342 e. The molecule has 1 unspecified atom stereocenters. The van der Waals surface area contributed by atoms with Crippen molar-refractivity contribution in [3.63, 3.8) is 0 Å². The second-order valence-corrected chi connectivity index (χ2v) is 10.1. The van der Waals surface area contributed by atoms with E-state index in [9.17, 15) is 29.4 Å². The highest BCUT2D eigenvalue weighted by atomic mass is 16.6. The SMILES string of the molecule is C=C(C)C(=O)Oc1cc(C(C)CC(=O)Oc2cc(OC(=O)C(C)(C)C)ccc2O)c(O)cc1C(=O)OCCC. The molecule has 2 aromatic rings. The Morgan fingerprint density at radius 2 is 1.62 bits per heavy atom. The van der Waals surface area contributed by atoms with Gasteiger partial charge in [-0.25, -0.2) is 9.59 Å². The maximum absolute atomic E-state index is 12.7. The van der Waals surface area contributed by atoms with Crippen molar-refractivity contribution in [1.29, 1.82) is 0 Å². The predicted octanol–water partition coefficient (Wildman–Crippen LogP) is 5.20. The summed E-state index contributed by atoms with van der Waals surface area (Å²) in [6, 6.07) is 6.18. The molecule has 10 heteroatoms. The number of carbonyl (C=O) groups excluding carboxylic acids is 4. The largest absolute Gasteiger partial charge is 0.508 e. The molecule has 0 aromatic heterocycles. The molecule has 1 atom stereocenters. The maximum atomic E-state index is 12.7. The van der Waals surface area contributed by atoms with Crippen molar-refractivity contribution >= 4 is 23.9 Å². The minimum Gasteiger partial charge on any atom is -0.508 e. The summed E-state index contributed by atoms with van der Waals surface area (Å²) in [5.41, 5.74) is -0.656. The molecule has 0 aliphatic heterocycles. The molecule has 0 spiro atoms. The Kier molecular flexibility index (Phi) is 10.3. The Morgan fingerprint density at radius 1 is 0.949 bits per heavy atom. The van der Waals surface area contributed by atoms with Crippen LogP contribution in [0, 0.1) is 5.41 Å². The topological polar surface area (TPSA) is 146 Å². The summed E-state index contributed by atoms with van der Waals surface area (Å²) >= 11 is 0. The van der Waals surface area contributed by atoms with Crippen molar-refractivity contribution in [2.75, 3.05) is 6.61 Å². The van der Waals surface area contributed by atoms with E-state index in [0.717, 1.165) is 6.07 Å². The van der Waals surface area contributed by atoms with Gasteiger partial charge in [0.25, 0.3) is 0 Å². The van der Waals surface area contributed by atoms with E-state index in [4.69, 9.17) is 18.9 Å². The third-order valence-electron chi connectivity index (χ3n) is 5.32. The fourth-order valence-electron chi connectivity index (χ4n) is 3.11. The van der Waals surface area contributed by atoms with Gasteiger partial charge in [0.2, 0.25) is 0 Å². The van der Waals surface area contributed by atoms with Gasteiger partial charge < -0.3 is 29.2 Å². The van der Waals surface area contributed by atoms with Gasteiger partial charge in [-0.05, 0) is 64.3 Å². The Hall–Kier alpha value is -4.34. The van der Waals surface area contributed by atoms with Crippen LogP contribution < -0.4 is 14.2 Å². The number of aromatic hydroxyl groups is 2. The average molecular weight is 543 g/mol. The summed E-state index contributed by atoms with van der Waals surface area (Å²) in [5.74, 6) is -4.53. The van der Waals surface area contributed by atoms with Crippen LogP contribution in [0.3, 0.4) is 0 Å². The molecule has 2 rings (SSSR count). The van der Waals surface area contributed by atoms with Crippen LogP contribution in [0.2, 0.25) is 0 Å². The Bertz CT molecular complexity index is 1270. The molecule has 0 saturated carbocycles. The van der Waals surface area contributed by atoms with Crippen LogP contribution in [0.4, 0.5) is 0 Å². The molecule has 0 bridgehead atoms. The van der Waals surface area contributed by atoms with E-state index < -0.39 is 35.2 Å². The van der Waals surface area contributed by atoms with Gasteiger partial charge >= 0.3 is 23.9 Å². The lowest BCUT2D eigenvalue weighted by atomic mass is 9.95. The Balaban J connectivity index is 2.27. The number of carbonyl (C=O) groups is 4. The number of rotatable bonds is 10. The molecule has 0 amide bonds. The summed E-state index contributed by atoms with van der Waals surface area (Å²) in [6.07, 6.45) is 0.291. The van der Waals surface area contributed by atoms with Crippen LogP contribution in [-0.4, -0.2) is 40.7 Å². The van der Waals surface area contributed by atoms with E-state index in [1.54, 1.807) is 27.7 Å². The van der Waals surface area contributed by atoms with Gasteiger partial charge in [-0.1, -0.05) is 20.4 Å². The first-order valence-corrected chi connectivity index (χ1v) is 12.3. The van der Waals surface area contributed by atoms with E-state index in [2.05, 4.69) is 6.58 Å². The zero-order valence-corrected chi connectivity index (χ0v) is 23.0. The molecule has 39 heavy (non-hydrogen) atoms. The standard InChI is InChI=1S/C29H34O10/c1-8-11-36-27(34)20-14-22(31)19(15-23(20)39-26(33)16(2)3)17(4)12-25(32)38-24-13-18(9-10-21(24)30)37-28(35)29(5,6)7/h9-10,13-15,17,30-31H,2,8,11-12H2,1,3-7H3. The lowest BCUT2D eigenvalue weighted by Gasteiger charge is -2.18. The number of hydrogen-bond donors (Lipinski definition) is 2. The van der Waals surface area contributed by atoms with E-state index in [0.29, 0.717) is 6.42 Å². The van der Waals surface area contributed by atoms with E-state index in [1.165, 1.54) is 31.2 Å². The van der Waals surface area contributed by atoms with Crippen LogP contribution in [0.5, 0.6) is 28.7 Å². The Labute approximate surface area is 227 Å². The lowest BCUT2D eigenvalue weighted by Crippen LogP contribution is -2.25. The third kappa shape index (κ3) is 8.59. The minimum atomic E-state index is -0.794. The zero-order valence-electron chi connectivity index (χ0n) is 23.0. The molecular weight excluding hydrogens is 508 g/mol. The number of phenols is 2. The molecular formula is C29H34O10. The molecule has 0 heterocycles. The zero-order chi connectivity index (χ0) is 29.5. The minimum absolute atomic E-state index is 0.0794. The van der Waals surface area contributed by atoms with E-state index >= 15 is 0 Å². The highest BCUT2D eigenvalue weighted by molar-refractivity contribution is 5.96. The second kappa shape index (κ2) is 12.9. The van der Waals surface area contributed by atoms with Crippen molar-refractivity contribution in [3.8, 4) is 28.7 Å². The number of esters is 4. The van der Waals surface area contributed by atoms with Gasteiger partial charge in [0.15, 0.2) is 11.5 Å². The number of ether oxygens (including phenoxy) is 4. The van der Waals surface area contributed by atoms with Crippen molar-refractivity contribution in [2.45, 2.75) is 60.3 Å². The molecule has 2 aromatic carbocycles. The lowest BCUT2D eigenvalue weighted by molar-refractivity contribution is -0.143. The van der Waals surface area contributed by atoms with Crippen molar-refractivity contribution in [1.82, 2.24) is 0 Å². The first-order valence-electron chi connectivity index (χ1n) is 12.3. The van der Waals surface area contributed by atoms with Crippen molar-refractivity contribution < 1.29 is 48.3 Å². The van der Waals surface area contributed by atoms with Crippen LogP contribution in [0.25, 0.3) is 0 Å². The molecule has 210 valence electrons. The summed E-state index contributed by atoms with van der Waals surface area (Å²) in [4.78, 5) is 49.5. The summed E-state index contributed by atoms with van der Waals surface area (Å²) in [5, 5.41) is 20.8. The molecule has 0 aliphatic carbocycles. The summed E-state index contributed by atoms with van der Waals surface area (Å²) in [6.45, 7) is 13.5. The molecule has 10 nitrogen and oxygen atoms in total. The quantitative estimate of drug-likeness (QED) is 0.233. The van der Waals surface area contributed by atoms with Crippen LogP contribution >= 0.6 is 0 Å². The average Bonchev–Trinajstić information content (AvgIpc) is 2.84. The third-order valence-corrected chi connectivity index (χ3v) is 5.32. The number of benzene rings is 2. The van der Waals surface area contributed by atoms with Crippen LogP contribution in [-0.2, 0) is 19.1 Å². The van der Waals surface area contributed by atoms with E-state index in [-0.39, 0.29) is 58.5 Å². The Morgan fingerprint density at radius 3 is 2.21 bits per heavy atom. The molecule has 2 N–H and O–H groups in total. The predicted molar refractivity (Wildman–Crippen MR) is 141 cm³/mol. The van der Waals surface area contributed by atoms with Gasteiger partial charge in [-0.3, -0.25) is 9.59 Å². The van der Waals surface area contributed by atoms with Crippen molar-refractivity contribution in [3.05, 3.63) is 53.6 Å². The highest BCUT2D eigenvalue weighted by Gasteiger charge is 2.26. The van der Waals surface area contributed by atoms with Crippen molar-refractivity contribution in [2.24, 2.45) is 5.41 Å². The maximum Gasteiger partial charge on any atom is 0.342 e. The number of hydrogen-bond acceptors (Lipinski definition) is 10. The van der Waals surface area contributed by atoms with Gasteiger partial charge in [-0.15, -0.1) is 0 Å². The summed E-state index contributed by atoms with van der Waals surface area (Å²) in [7, 11) is 0. The number of phenolic OH excluding ortho intramolecular Hbond substituents is 2. The van der Waals surface area contributed by atoms with E-state index in [1.807, 2.05) is 6.92 Å². The second-order valence-electron chi connectivity index (χ2n) is 10.1. The first kappa shape index (κ1) is 30.9.